The molecule has 0 radical (unpaired) electrons. The molecule has 4 unspecified atom stereocenters. The Morgan fingerprint density at radius 2 is 2.11 bits per heavy atom. The van der Waals surface area contributed by atoms with Gasteiger partial charge in [0.1, 0.15) is 6.04 Å². The van der Waals surface area contributed by atoms with Crippen molar-refractivity contribution in [1.29, 1.82) is 0 Å². The van der Waals surface area contributed by atoms with Gasteiger partial charge in [-0.15, -0.1) is 0 Å². The normalized spacial score (nSPS) is 31.9. The van der Waals surface area contributed by atoms with E-state index in [9.17, 15) is 4.79 Å². The maximum atomic E-state index is 11.9. The SMILES string of the molecule is CCOC(=O)C(CC)N(C)CC1CC2CCC1C2. The average molecular weight is 253 g/mol. The molecule has 0 aromatic carbocycles. The van der Waals surface area contributed by atoms with Crippen LogP contribution in [0.4, 0.5) is 0 Å². The first-order valence-electron chi connectivity index (χ1n) is 7.52. The predicted molar refractivity (Wildman–Crippen MR) is 72.3 cm³/mol. The van der Waals surface area contributed by atoms with Gasteiger partial charge in [0.05, 0.1) is 6.61 Å². The van der Waals surface area contributed by atoms with Gasteiger partial charge in [0.2, 0.25) is 0 Å². The third kappa shape index (κ3) is 2.87. The number of rotatable bonds is 6. The molecule has 3 nitrogen and oxygen atoms in total. The van der Waals surface area contributed by atoms with Crippen LogP contribution in [-0.2, 0) is 9.53 Å². The van der Waals surface area contributed by atoms with Crippen LogP contribution in [0.25, 0.3) is 0 Å². The molecule has 0 aromatic rings. The van der Waals surface area contributed by atoms with Crippen molar-refractivity contribution in [3.8, 4) is 0 Å². The summed E-state index contributed by atoms with van der Waals surface area (Å²) in [6.45, 7) is 5.50. The summed E-state index contributed by atoms with van der Waals surface area (Å²) in [5.74, 6) is 2.68. The Hall–Kier alpha value is -0.570. The van der Waals surface area contributed by atoms with Crippen molar-refractivity contribution in [2.24, 2.45) is 17.8 Å². The Morgan fingerprint density at radius 1 is 1.33 bits per heavy atom. The fourth-order valence-corrected chi connectivity index (χ4v) is 3.99. The van der Waals surface area contributed by atoms with Gasteiger partial charge in [-0.25, -0.2) is 0 Å². The lowest BCUT2D eigenvalue weighted by Gasteiger charge is -2.31. The molecule has 104 valence electrons. The van der Waals surface area contributed by atoms with Crippen LogP contribution in [0.5, 0.6) is 0 Å². The van der Waals surface area contributed by atoms with Crippen LogP contribution in [0.15, 0.2) is 0 Å². The van der Waals surface area contributed by atoms with E-state index in [0.717, 1.165) is 30.7 Å². The molecule has 2 fully saturated rings. The summed E-state index contributed by atoms with van der Waals surface area (Å²) in [6.07, 6.45) is 6.53. The summed E-state index contributed by atoms with van der Waals surface area (Å²) in [7, 11) is 2.08. The fourth-order valence-electron chi connectivity index (χ4n) is 3.99. The van der Waals surface area contributed by atoms with Gasteiger partial charge < -0.3 is 4.74 Å². The van der Waals surface area contributed by atoms with Gasteiger partial charge in [0.15, 0.2) is 0 Å². The van der Waals surface area contributed by atoms with Crippen molar-refractivity contribution in [1.82, 2.24) is 4.90 Å². The van der Waals surface area contributed by atoms with Crippen LogP contribution in [0, 0.1) is 17.8 Å². The summed E-state index contributed by atoms with van der Waals surface area (Å²) >= 11 is 0. The van der Waals surface area contributed by atoms with E-state index in [1.54, 1.807) is 0 Å². The molecule has 4 atom stereocenters. The smallest absolute Gasteiger partial charge is 0.323 e. The molecule has 0 aliphatic heterocycles. The molecule has 2 aliphatic carbocycles. The quantitative estimate of drug-likeness (QED) is 0.682. The molecule has 0 heterocycles. The summed E-state index contributed by atoms with van der Waals surface area (Å²) in [4.78, 5) is 14.1. The van der Waals surface area contributed by atoms with E-state index < -0.39 is 0 Å². The van der Waals surface area contributed by atoms with Crippen molar-refractivity contribution < 1.29 is 9.53 Å². The Morgan fingerprint density at radius 3 is 2.61 bits per heavy atom. The topological polar surface area (TPSA) is 29.5 Å². The highest BCUT2D eigenvalue weighted by atomic mass is 16.5. The molecule has 0 aromatic heterocycles. The van der Waals surface area contributed by atoms with E-state index in [-0.39, 0.29) is 12.0 Å². The van der Waals surface area contributed by atoms with Gasteiger partial charge in [-0.2, -0.15) is 0 Å². The predicted octanol–water partition coefficient (Wildman–Crippen LogP) is 2.70. The van der Waals surface area contributed by atoms with Crippen LogP contribution in [0.1, 0.15) is 46.0 Å². The van der Waals surface area contributed by atoms with Crippen molar-refractivity contribution in [2.45, 2.75) is 52.0 Å². The number of nitrogens with zero attached hydrogens (tertiary/aromatic N) is 1. The molecule has 2 rings (SSSR count). The number of carbonyl (C=O) groups is 1. The maximum absolute atomic E-state index is 11.9. The van der Waals surface area contributed by atoms with E-state index >= 15 is 0 Å². The lowest BCUT2D eigenvalue weighted by molar-refractivity contribution is -0.149. The van der Waals surface area contributed by atoms with Crippen LogP contribution < -0.4 is 0 Å². The van der Waals surface area contributed by atoms with Gasteiger partial charge in [-0.3, -0.25) is 9.69 Å². The third-order valence-electron chi connectivity index (χ3n) is 4.88. The van der Waals surface area contributed by atoms with Gasteiger partial charge >= 0.3 is 5.97 Å². The van der Waals surface area contributed by atoms with Crippen molar-refractivity contribution in [2.75, 3.05) is 20.2 Å². The highest BCUT2D eigenvalue weighted by molar-refractivity contribution is 5.75. The highest BCUT2D eigenvalue weighted by Crippen LogP contribution is 2.48. The fraction of sp³-hybridized carbons (Fsp3) is 0.933. The van der Waals surface area contributed by atoms with Crippen molar-refractivity contribution in [3.05, 3.63) is 0 Å². The van der Waals surface area contributed by atoms with E-state index in [1.807, 2.05) is 6.92 Å². The number of hydrogen-bond donors (Lipinski definition) is 0. The molecule has 18 heavy (non-hydrogen) atoms. The molecule has 2 aliphatic rings. The molecule has 0 saturated heterocycles. The second-order valence-electron chi connectivity index (χ2n) is 6.05. The Labute approximate surface area is 111 Å². The number of hydrogen-bond acceptors (Lipinski definition) is 3. The molecule has 2 saturated carbocycles. The lowest BCUT2D eigenvalue weighted by Crippen LogP contribution is -2.42. The van der Waals surface area contributed by atoms with E-state index in [1.165, 1.54) is 25.7 Å². The number of fused-ring (bicyclic) bond motifs is 2. The van der Waals surface area contributed by atoms with Gasteiger partial charge in [-0.1, -0.05) is 13.3 Å². The molecule has 0 spiro atoms. The monoisotopic (exact) mass is 253 g/mol. The minimum absolute atomic E-state index is 0.0503. The second-order valence-corrected chi connectivity index (χ2v) is 6.05. The van der Waals surface area contributed by atoms with Crippen LogP contribution >= 0.6 is 0 Å². The first-order valence-corrected chi connectivity index (χ1v) is 7.52. The summed E-state index contributed by atoms with van der Waals surface area (Å²) in [6, 6.07) is -0.0518. The van der Waals surface area contributed by atoms with Crippen LogP contribution in [-0.4, -0.2) is 37.1 Å². The number of carbonyl (C=O) groups excluding carboxylic acids is 1. The Bertz CT molecular complexity index is 292. The van der Waals surface area contributed by atoms with Gasteiger partial charge in [0.25, 0.3) is 0 Å². The average Bonchev–Trinajstić information content (AvgIpc) is 2.92. The highest BCUT2D eigenvalue weighted by Gasteiger charge is 2.40. The number of esters is 1. The molecule has 3 heteroatoms. The minimum Gasteiger partial charge on any atom is -0.465 e. The second kappa shape index (κ2) is 6.05. The van der Waals surface area contributed by atoms with Crippen LogP contribution in [0.2, 0.25) is 0 Å². The zero-order valence-electron chi connectivity index (χ0n) is 12.0. The summed E-state index contributed by atoms with van der Waals surface area (Å²) in [5, 5.41) is 0. The molecule has 0 N–H and O–H groups in total. The zero-order chi connectivity index (χ0) is 13.1. The molecular formula is C15H27NO2. The third-order valence-corrected chi connectivity index (χ3v) is 4.88. The summed E-state index contributed by atoms with van der Waals surface area (Å²) < 4.78 is 5.16. The standard InChI is InChI=1S/C15H27NO2/c1-4-14(15(17)18-5-2)16(3)10-13-9-11-6-7-12(13)8-11/h11-14H,4-10H2,1-3H3. The number of likely N-dealkylation sites (N-methyl/N-ethyl adjacent to an activating group) is 1. The first kappa shape index (κ1) is 13.9. The van der Waals surface area contributed by atoms with E-state index in [2.05, 4.69) is 18.9 Å². The first-order chi connectivity index (χ1) is 8.65. The number of ether oxygens (including phenoxy) is 1. The summed E-state index contributed by atoms with van der Waals surface area (Å²) in [5.41, 5.74) is 0. The van der Waals surface area contributed by atoms with E-state index in [4.69, 9.17) is 4.74 Å². The van der Waals surface area contributed by atoms with Crippen molar-refractivity contribution in [3.63, 3.8) is 0 Å². The van der Waals surface area contributed by atoms with Gasteiger partial charge in [0, 0.05) is 6.54 Å². The molecule has 0 amide bonds. The Balaban J connectivity index is 1.85. The minimum atomic E-state index is -0.0518. The van der Waals surface area contributed by atoms with Crippen molar-refractivity contribution >= 4 is 5.97 Å². The molecule has 2 bridgehead atoms. The van der Waals surface area contributed by atoms with E-state index in [0.29, 0.717) is 6.61 Å². The molecular weight excluding hydrogens is 226 g/mol. The zero-order valence-corrected chi connectivity index (χ0v) is 12.0. The van der Waals surface area contributed by atoms with Crippen LogP contribution in [0.3, 0.4) is 0 Å². The van der Waals surface area contributed by atoms with Gasteiger partial charge in [-0.05, 0) is 57.4 Å². The Kier molecular flexibility index (Phi) is 4.66. The lowest BCUT2D eigenvalue weighted by atomic mass is 9.88. The largest absolute Gasteiger partial charge is 0.465 e. The maximum Gasteiger partial charge on any atom is 0.323 e.